The Balaban J connectivity index is 2.39. The molecule has 1 rings (SSSR count). The standard InChI is InChI=1S/C14H20N2O3/c1-9-3-4-11(7-10(9)2)5-6-16-14(19)12(15)8-13(17)18/h3-4,7,12H,5-6,8,15H2,1-2H3,(H,16,19)(H,17,18). The Morgan fingerprint density at radius 1 is 1.32 bits per heavy atom. The molecule has 104 valence electrons. The molecule has 1 atom stereocenters. The molecule has 0 aliphatic carbocycles. The fourth-order valence-corrected chi connectivity index (χ4v) is 1.70. The van der Waals surface area contributed by atoms with Gasteiger partial charge in [0, 0.05) is 6.54 Å². The van der Waals surface area contributed by atoms with Crippen molar-refractivity contribution in [3.8, 4) is 0 Å². The van der Waals surface area contributed by atoms with E-state index in [4.69, 9.17) is 10.8 Å². The van der Waals surface area contributed by atoms with E-state index >= 15 is 0 Å². The molecule has 0 saturated heterocycles. The Morgan fingerprint density at radius 3 is 2.58 bits per heavy atom. The lowest BCUT2D eigenvalue weighted by Crippen LogP contribution is -2.42. The lowest BCUT2D eigenvalue weighted by molar-refractivity contribution is -0.139. The number of carbonyl (C=O) groups excluding carboxylic acids is 1. The quantitative estimate of drug-likeness (QED) is 0.707. The molecule has 0 fully saturated rings. The average Bonchev–Trinajstić information content (AvgIpc) is 2.32. The molecule has 5 heteroatoms. The summed E-state index contributed by atoms with van der Waals surface area (Å²) in [7, 11) is 0. The monoisotopic (exact) mass is 264 g/mol. The summed E-state index contributed by atoms with van der Waals surface area (Å²) in [6, 6.07) is 5.16. The van der Waals surface area contributed by atoms with Crippen molar-refractivity contribution in [2.75, 3.05) is 6.54 Å². The first-order chi connectivity index (χ1) is 8.90. The fourth-order valence-electron chi connectivity index (χ4n) is 1.70. The van der Waals surface area contributed by atoms with Gasteiger partial charge in [-0.1, -0.05) is 18.2 Å². The third-order valence-corrected chi connectivity index (χ3v) is 3.02. The number of nitrogens with two attached hydrogens (primary N) is 1. The summed E-state index contributed by atoms with van der Waals surface area (Å²) < 4.78 is 0. The molecule has 0 aromatic heterocycles. The van der Waals surface area contributed by atoms with Gasteiger partial charge in [-0.25, -0.2) is 0 Å². The van der Waals surface area contributed by atoms with Crippen molar-refractivity contribution in [2.24, 2.45) is 5.73 Å². The van der Waals surface area contributed by atoms with Crippen molar-refractivity contribution in [1.82, 2.24) is 5.32 Å². The zero-order chi connectivity index (χ0) is 14.4. The van der Waals surface area contributed by atoms with E-state index in [1.807, 2.05) is 26.0 Å². The van der Waals surface area contributed by atoms with E-state index in [0.717, 1.165) is 5.56 Å². The molecule has 1 amide bonds. The van der Waals surface area contributed by atoms with Gasteiger partial charge in [0.1, 0.15) is 0 Å². The Morgan fingerprint density at radius 2 is 2.00 bits per heavy atom. The number of aliphatic carboxylic acids is 1. The second-order valence-electron chi connectivity index (χ2n) is 4.66. The maximum Gasteiger partial charge on any atom is 0.305 e. The lowest BCUT2D eigenvalue weighted by Gasteiger charge is -2.10. The van der Waals surface area contributed by atoms with Crippen LogP contribution in [0.2, 0.25) is 0 Å². The van der Waals surface area contributed by atoms with Crippen molar-refractivity contribution in [1.29, 1.82) is 0 Å². The van der Waals surface area contributed by atoms with Crippen LogP contribution in [0.15, 0.2) is 18.2 Å². The molecule has 0 aliphatic rings. The molecule has 5 nitrogen and oxygen atoms in total. The number of carbonyl (C=O) groups is 2. The third-order valence-electron chi connectivity index (χ3n) is 3.02. The molecule has 0 saturated carbocycles. The minimum atomic E-state index is -1.07. The van der Waals surface area contributed by atoms with Crippen molar-refractivity contribution in [3.05, 3.63) is 34.9 Å². The van der Waals surface area contributed by atoms with Crippen molar-refractivity contribution in [2.45, 2.75) is 32.7 Å². The highest BCUT2D eigenvalue weighted by Crippen LogP contribution is 2.09. The van der Waals surface area contributed by atoms with Gasteiger partial charge >= 0.3 is 5.97 Å². The molecular weight excluding hydrogens is 244 g/mol. The van der Waals surface area contributed by atoms with E-state index in [1.165, 1.54) is 11.1 Å². The first-order valence-corrected chi connectivity index (χ1v) is 6.21. The van der Waals surface area contributed by atoms with E-state index in [9.17, 15) is 9.59 Å². The largest absolute Gasteiger partial charge is 0.481 e. The van der Waals surface area contributed by atoms with Gasteiger partial charge in [-0.3, -0.25) is 9.59 Å². The van der Waals surface area contributed by atoms with Crippen LogP contribution in [0.3, 0.4) is 0 Å². The Hall–Kier alpha value is -1.88. The van der Waals surface area contributed by atoms with Gasteiger partial charge in [0.15, 0.2) is 0 Å². The summed E-state index contributed by atoms with van der Waals surface area (Å²) in [5.74, 6) is -1.50. The van der Waals surface area contributed by atoms with E-state index in [-0.39, 0.29) is 6.42 Å². The number of benzene rings is 1. The van der Waals surface area contributed by atoms with Crippen LogP contribution in [0.5, 0.6) is 0 Å². The second kappa shape index (κ2) is 6.89. The molecular formula is C14H20N2O3. The molecule has 1 aromatic rings. The summed E-state index contributed by atoms with van der Waals surface area (Å²) in [6.45, 7) is 4.54. The summed E-state index contributed by atoms with van der Waals surface area (Å²) in [6.07, 6.45) is 0.349. The van der Waals surface area contributed by atoms with Crippen LogP contribution < -0.4 is 11.1 Å². The first-order valence-electron chi connectivity index (χ1n) is 6.21. The highest BCUT2D eigenvalue weighted by Gasteiger charge is 2.16. The molecule has 1 unspecified atom stereocenters. The Labute approximate surface area is 112 Å². The zero-order valence-corrected chi connectivity index (χ0v) is 11.3. The maximum absolute atomic E-state index is 11.5. The van der Waals surface area contributed by atoms with Gasteiger partial charge in [-0.15, -0.1) is 0 Å². The Bertz CT molecular complexity index is 472. The van der Waals surface area contributed by atoms with Crippen molar-refractivity contribution >= 4 is 11.9 Å². The highest BCUT2D eigenvalue weighted by atomic mass is 16.4. The highest BCUT2D eigenvalue weighted by molar-refractivity contribution is 5.85. The normalized spacial score (nSPS) is 11.9. The third kappa shape index (κ3) is 5.09. The van der Waals surface area contributed by atoms with Gasteiger partial charge in [-0.2, -0.15) is 0 Å². The second-order valence-corrected chi connectivity index (χ2v) is 4.66. The summed E-state index contributed by atoms with van der Waals surface area (Å²) in [4.78, 5) is 21.9. The van der Waals surface area contributed by atoms with Gasteiger partial charge in [0.05, 0.1) is 12.5 Å². The Kier molecular flexibility index (Phi) is 5.51. The minimum Gasteiger partial charge on any atom is -0.481 e. The fraction of sp³-hybridized carbons (Fsp3) is 0.429. The summed E-state index contributed by atoms with van der Waals surface area (Å²) in [5, 5.41) is 11.2. The van der Waals surface area contributed by atoms with Crippen LogP contribution >= 0.6 is 0 Å². The predicted octanol–water partition coefficient (Wildman–Crippen LogP) is 0.764. The number of carboxylic acid groups (broad SMARTS) is 1. The van der Waals surface area contributed by atoms with Gasteiger partial charge in [0.2, 0.25) is 5.91 Å². The van der Waals surface area contributed by atoms with Crippen LogP contribution in [0.4, 0.5) is 0 Å². The van der Waals surface area contributed by atoms with E-state index < -0.39 is 17.9 Å². The number of hydrogen-bond donors (Lipinski definition) is 3. The van der Waals surface area contributed by atoms with Crippen LogP contribution in [0, 0.1) is 13.8 Å². The van der Waals surface area contributed by atoms with Crippen LogP contribution in [0.1, 0.15) is 23.1 Å². The number of nitrogens with one attached hydrogen (secondary N) is 1. The van der Waals surface area contributed by atoms with Crippen molar-refractivity contribution < 1.29 is 14.7 Å². The number of aryl methyl sites for hydroxylation is 2. The molecule has 0 aliphatic heterocycles. The maximum atomic E-state index is 11.5. The zero-order valence-electron chi connectivity index (χ0n) is 11.3. The summed E-state index contributed by atoms with van der Waals surface area (Å²) in [5.41, 5.74) is 9.03. The molecule has 4 N–H and O–H groups in total. The van der Waals surface area contributed by atoms with Gasteiger partial charge < -0.3 is 16.2 Å². The summed E-state index contributed by atoms with van der Waals surface area (Å²) >= 11 is 0. The van der Waals surface area contributed by atoms with E-state index in [2.05, 4.69) is 11.4 Å². The molecule has 0 spiro atoms. The molecule has 19 heavy (non-hydrogen) atoms. The van der Waals surface area contributed by atoms with E-state index in [1.54, 1.807) is 0 Å². The average molecular weight is 264 g/mol. The molecule has 0 heterocycles. The minimum absolute atomic E-state index is 0.352. The van der Waals surface area contributed by atoms with Gasteiger partial charge in [0.25, 0.3) is 0 Å². The number of carboxylic acids is 1. The predicted molar refractivity (Wildman–Crippen MR) is 72.9 cm³/mol. The SMILES string of the molecule is Cc1ccc(CCNC(=O)C(N)CC(=O)O)cc1C. The van der Waals surface area contributed by atoms with Crippen LogP contribution in [-0.2, 0) is 16.0 Å². The number of amides is 1. The number of hydrogen-bond acceptors (Lipinski definition) is 3. The topological polar surface area (TPSA) is 92.4 Å². The molecule has 0 radical (unpaired) electrons. The van der Waals surface area contributed by atoms with Crippen molar-refractivity contribution in [3.63, 3.8) is 0 Å². The lowest BCUT2D eigenvalue weighted by atomic mass is 10.0. The molecule has 1 aromatic carbocycles. The van der Waals surface area contributed by atoms with E-state index in [0.29, 0.717) is 13.0 Å². The van der Waals surface area contributed by atoms with Gasteiger partial charge in [-0.05, 0) is 37.0 Å². The molecule has 0 bridgehead atoms. The smallest absolute Gasteiger partial charge is 0.305 e. The van der Waals surface area contributed by atoms with Crippen LogP contribution in [0.25, 0.3) is 0 Å². The first kappa shape index (κ1) is 15.2. The number of rotatable bonds is 6. The van der Waals surface area contributed by atoms with Crippen LogP contribution in [-0.4, -0.2) is 29.6 Å².